The van der Waals surface area contributed by atoms with E-state index >= 15 is 0 Å². The second kappa shape index (κ2) is 7.69. The fraction of sp³-hybridized carbons (Fsp3) is 0.0800. The number of rotatable bonds is 4. The largest absolute Gasteiger partial charge is 0.455 e. The van der Waals surface area contributed by atoms with Crippen LogP contribution in [0.2, 0.25) is 0 Å². The number of para-hydroxylation sites is 2. The zero-order valence-electron chi connectivity index (χ0n) is 16.3. The van der Waals surface area contributed by atoms with Gasteiger partial charge >= 0.3 is 5.97 Å². The summed E-state index contributed by atoms with van der Waals surface area (Å²) in [6.07, 6.45) is 0. The Labute approximate surface area is 177 Å². The van der Waals surface area contributed by atoms with Crippen LogP contribution < -0.4 is 0 Å². The molecule has 0 saturated carbocycles. The Bertz CT molecular complexity index is 1340. The number of aromatic nitrogens is 2. The first kappa shape index (κ1) is 18.5. The summed E-state index contributed by atoms with van der Waals surface area (Å²) in [6, 6.07) is 25.5. The average Bonchev–Trinajstić information content (AvgIpc) is 3.20. The van der Waals surface area contributed by atoms with E-state index in [0.29, 0.717) is 5.56 Å². The molecule has 0 amide bonds. The lowest BCUT2D eigenvalue weighted by molar-refractivity contribution is 0.0475. The van der Waals surface area contributed by atoms with Gasteiger partial charge in [0.25, 0.3) is 0 Å². The molecule has 0 atom stereocenters. The first-order valence-corrected chi connectivity index (χ1v) is 10.5. The van der Waals surface area contributed by atoms with E-state index in [2.05, 4.69) is 4.98 Å². The molecule has 0 aliphatic rings. The number of aryl methyl sites for hydroxylation is 1. The monoisotopic (exact) mass is 410 g/mol. The average molecular weight is 410 g/mol. The molecule has 4 nitrogen and oxygen atoms in total. The summed E-state index contributed by atoms with van der Waals surface area (Å²) in [5.41, 5.74) is 5.09. The molecule has 2 heterocycles. The Balaban J connectivity index is 1.48. The predicted octanol–water partition coefficient (Wildman–Crippen LogP) is 6.18. The molecule has 0 fully saturated rings. The number of hydrogen-bond acceptors (Lipinski definition) is 5. The number of benzene rings is 3. The molecule has 0 N–H and O–H groups in total. The van der Waals surface area contributed by atoms with Gasteiger partial charge in [0.15, 0.2) is 0 Å². The Kier molecular flexibility index (Phi) is 4.73. The molecule has 0 saturated heterocycles. The first-order chi connectivity index (χ1) is 14.7. The van der Waals surface area contributed by atoms with Gasteiger partial charge in [0, 0.05) is 10.9 Å². The highest BCUT2D eigenvalue weighted by molar-refractivity contribution is 7.18. The molecule has 5 rings (SSSR count). The smallest absolute Gasteiger partial charge is 0.339 e. The van der Waals surface area contributed by atoms with Crippen molar-refractivity contribution in [2.45, 2.75) is 13.5 Å². The number of nitrogens with zero attached hydrogens (tertiary/aromatic N) is 2. The summed E-state index contributed by atoms with van der Waals surface area (Å²) in [4.78, 5) is 22.3. The van der Waals surface area contributed by atoms with Gasteiger partial charge in [-0.1, -0.05) is 60.2 Å². The van der Waals surface area contributed by atoms with E-state index in [0.717, 1.165) is 37.4 Å². The van der Waals surface area contributed by atoms with Gasteiger partial charge in [0.05, 0.1) is 27.0 Å². The fourth-order valence-corrected chi connectivity index (χ4v) is 4.28. The van der Waals surface area contributed by atoms with Crippen LogP contribution in [-0.2, 0) is 11.3 Å². The van der Waals surface area contributed by atoms with E-state index < -0.39 is 0 Å². The minimum absolute atomic E-state index is 0.148. The van der Waals surface area contributed by atoms with E-state index in [1.54, 1.807) is 0 Å². The maximum atomic E-state index is 13.0. The van der Waals surface area contributed by atoms with Crippen LogP contribution in [0, 0.1) is 6.92 Å². The SMILES string of the molecule is Cc1ccc(-c2cc(C(=O)OCc3nc4ccccc4s3)c3ccccc3n2)cc1. The number of thiazole rings is 1. The van der Waals surface area contributed by atoms with Crippen molar-refractivity contribution in [2.24, 2.45) is 0 Å². The van der Waals surface area contributed by atoms with E-state index in [1.807, 2.05) is 85.8 Å². The zero-order valence-corrected chi connectivity index (χ0v) is 17.1. The van der Waals surface area contributed by atoms with E-state index in [9.17, 15) is 4.79 Å². The van der Waals surface area contributed by atoms with Gasteiger partial charge in [0.1, 0.15) is 11.6 Å². The Hall–Kier alpha value is -3.57. The number of carbonyl (C=O) groups is 1. The van der Waals surface area contributed by atoms with Gasteiger partial charge < -0.3 is 4.74 Å². The quantitative estimate of drug-likeness (QED) is 0.332. The van der Waals surface area contributed by atoms with Gasteiger partial charge in [-0.05, 0) is 31.2 Å². The molecule has 0 bridgehead atoms. The van der Waals surface area contributed by atoms with Crippen LogP contribution in [0.3, 0.4) is 0 Å². The fourth-order valence-electron chi connectivity index (χ4n) is 3.40. The summed E-state index contributed by atoms with van der Waals surface area (Å²) >= 11 is 1.54. The lowest BCUT2D eigenvalue weighted by Gasteiger charge is -2.10. The maximum absolute atomic E-state index is 13.0. The van der Waals surface area contributed by atoms with E-state index in [4.69, 9.17) is 9.72 Å². The molecule has 0 unspecified atom stereocenters. The van der Waals surface area contributed by atoms with Crippen LogP contribution in [0.25, 0.3) is 32.4 Å². The zero-order chi connectivity index (χ0) is 20.5. The third kappa shape index (κ3) is 3.55. The molecule has 0 spiro atoms. The minimum Gasteiger partial charge on any atom is -0.455 e. The normalized spacial score (nSPS) is 11.1. The Morgan fingerprint density at radius 3 is 2.43 bits per heavy atom. The Morgan fingerprint density at radius 1 is 0.900 bits per heavy atom. The van der Waals surface area contributed by atoms with Crippen LogP contribution in [0.15, 0.2) is 78.9 Å². The second-order valence-corrected chi connectivity index (χ2v) is 8.20. The third-order valence-electron chi connectivity index (χ3n) is 4.95. The third-order valence-corrected chi connectivity index (χ3v) is 5.96. The lowest BCUT2D eigenvalue weighted by atomic mass is 10.0. The summed E-state index contributed by atoms with van der Waals surface area (Å²) in [5.74, 6) is -0.374. The van der Waals surface area contributed by atoms with Crippen LogP contribution in [-0.4, -0.2) is 15.9 Å². The predicted molar refractivity (Wildman–Crippen MR) is 121 cm³/mol. The van der Waals surface area contributed by atoms with Crippen LogP contribution in [0.4, 0.5) is 0 Å². The standard InChI is InChI=1S/C25H18N2O2S/c1-16-10-12-17(13-11-16)22-14-19(18-6-2-3-7-20(18)26-22)25(28)29-15-24-27-21-8-4-5-9-23(21)30-24/h2-14H,15H2,1H3. The second-order valence-electron chi connectivity index (χ2n) is 7.09. The van der Waals surface area contributed by atoms with Crippen LogP contribution in [0.5, 0.6) is 0 Å². The number of ether oxygens (including phenoxy) is 1. The number of hydrogen-bond donors (Lipinski definition) is 0. The maximum Gasteiger partial charge on any atom is 0.339 e. The molecule has 5 heteroatoms. The summed E-state index contributed by atoms with van der Waals surface area (Å²) in [6.45, 7) is 2.19. The van der Waals surface area contributed by atoms with Crippen LogP contribution in [0.1, 0.15) is 20.9 Å². The number of carbonyl (C=O) groups excluding carboxylic acids is 1. The van der Waals surface area contributed by atoms with Crippen molar-refractivity contribution < 1.29 is 9.53 Å². The molecular formula is C25H18N2O2S. The molecule has 2 aromatic heterocycles. The first-order valence-electron chi connectivity index (χ1n) is 9.66. The highest BCUT2D eigenvalue weighted by atomic mass is 32.1. The molecular weight excluding hydrogens is 392 g/mol. The highest BCUT2D eigenvalue weighted by Crippen LogP contribution is 2.27. The van der Waals surface area contributed by atoms with E-state index in [-0.39, 0.29) is 12.6 Å². The van der Waals surface area contributed by atoms with Crippen LogP contribution >= 0.6 is 11.3 Å². The van der Waals surface area contributed by atoms with Crippen molar-refractivity contribution in [3.63, 3.8) is 0 Å². The van der Waals surface area contributed by atoms with Crippen molar-refractivity contribution in [3.05, 3.63) is 95.0 Å². The molecule has 146 valence electrons. The highest BCUT2D eigenvalue weighted by Gasteiger charge is 2.16. The molecule has 0 aliphatic carbocycles. The summed E-state index contributed by atoms with van der Waals surface area (Å²) in [5, 5.41) is 1.56. The van der Waals surface area contributed by atoms with Crippen molar-refractivity contribution in [1.82, 2.24) is 9.97 Å². The molecule has 5 aromatic rings. The van der Waals surface area contributed by atoms with Crippen molar-refractivity contribution in [3.8, 4) is 11.3 Å². The van der Waals surface area contributed by atoms with Gasteiger partial charge in [-0.2, -0.15) is 0 Å². The number of esters is 1. The van der Waals surface area contributed by atoms with Gasteiger partial charge in [-0.3, -0.25) is 0 Å². The molecule has 0 radical (unpaired) electrons. The Morgan fingerprint density at radius 2 is 1.63 bits per heavy atom. The van der Waals surface area contributed by atoms with Gasteiger partial charge in [-0.25, -0.2) is 14.8 Å². The molecule has 3 aromatic carbocycles. The van der Waals surface area contributed by atoms with Gasteiger partial charge in [0.2, 0.25) is 0 Å². The summed E-state index contributed by atoms with van der Waals surface area (Å²) in [7, 11) is 0. The molecule has 30 heavy (non-hydrogen) atoms. The molecule has 0 aliphatic heterocycles. The number of pyridine rings is 1. The van der Waals surface area contributed by atoms with Gasteiger partial charge in [-0.15, -0.1) is 11.3 Å². The summed E-state index contributed by atoms with van der Waals surface area (Å²) < 4.78 is 6.73. The van der Waals surface area contributed by atoms with Crippen molar-refractivity contribution in [1.29, 1.82) is 0 Å². The lowest BCUT2D eigenvalue weighted by Crippen LogP contribution is -2.07. The van der Waals surface area contributed by atoms with Crippen molar-refractivity contribution >= 4 is 38.4 Å². The topological polar surface area (TPSA) is 52.1 Å². The van der Waals surface area contributed by atoms with Crippen molar-refractivity contribution in [2.75, 3.05) is 0 Å². The van der Waals surface area contributed by atoms with E-state index in [1.165, 1.54) is 16.9 Å². The minimum atomic E-state index is -0.374. The number of fused-ring (bicyclic) bond motifs is 2.